The predicted octanol–water partition coefficient (Wildman–Crippen LogP) is 4.11. The van der Waals surface area contributed by atoms with Gasteiger partial charge in [0.25, 0.3) is 0 Å². The standard InChI is InChI=1S/C20H20N2OS/c23-20(22-12-9-16-6-1-2-7-17(16)15-22)14-18(19-8-5-13-24-19)21-10-3-4-11-21/h1-8,10-11,13,18H,9,12,14-15H2/t18-/m0/s1. The first kappa shape index (κ1) is 15.2. The number of amides is 1. The van der Waals surface area contributed by atoms with Crippen molar-refractivity contribution in [1.82, 2.24) is 9.47 Å². The molecule has 4 rings (SSSR count). The fourth-order valence-electron chi connectivity index (χ4n) is 3.39. The van der Waals surface area contributed by atoms with Crippen LogP contribution >= 0.6 is 11.3 Å². The van der Waals surface area contributed by atoms with Crippen LogP contribution in [-0.4, -0.2) is 21.9 Å². The van der Waals surface area contributed by atoms with E-state index in [1.165, 1.54) is 16.0 Å². The molecule has 24 heavy (non-hydrogen) atoms. The Balaban J connectivity index is 1.52. The summed E-state index contributed by atoms with van der Waals surface area (Å²) in [6.07, 6.45) is 5.55. The van der Waals surface area contributed by atoms with Gasteiger partial charge in [-0.15, -0.1) is 11.3 Å². The Morgan fingerprint density at radius 3 is 2.58 bits per heavy atom. The van der Waals surface area contributed by atoms with Crippen LogP contribution in [0.1, 0.15) is 28.5 Å². The molecule has 0 bridgehead atoms. The van der Waals surface area contributed by atoms with E-state index >= 15 is 0 Å². The maximum Gasteiger partial charge on any atom is 0.225 e. The summed E-state index contributed by atoms with van der Waals surface area (Å²) < 4.78 is 2.14. The SMILES string of the molecule is O=C(C[C@@H](c1cccs1)n1cccc1)N1CCc2ccccc2C1. The van der Waals surface area contributed by atoms with Crippen molar-refractivity contribution < 1.29 is 4.79 Å². The molecule has 0 fully saturated rings. The van der Waals surface area contributed by atoms with Gasteiger partial charge in [0.05, 0.1) is 12.5 Å². The molecule has 0 unspecified atom stereocenters. The zero-order valence-electron chi connectivity index (χ0n) is 13.5. The molecule has 0 saturated carbocycles. The maximum absolute atomic E-state index is 12.9. The normalized spacial score (nSPS) is 15.1. The number of hydrogen-bond acceptors (Lipinski definition) is 2. The van der Waals surface area contributed by atoms with Crippen LogP contribution in [0, 0.1) is 0 Å². The minimum atomic E-state index is 0.0877. The van der Waals surface area contributed by atoms with Gasteiger partial charge < -0.3 is 9.47 Å². The molecule has 1 amide bonds. The minimum Gasteiger partial charge on any atom is -0.346 e. The molecule has 3 nitrogen and oxygen atoms in total. The highest BCUT2D eigenvalue weighted by atomic mass is 32.1. The second-order valence-electron chi connectivity index (χ2n) is 6.20. The monoisotopic (exact) mass is 336 g/mol. The summed E-state index contributed by atoms with van der Waals surface area (Å²) >= 11 is 1.71. The van der Waals surface area contributed by atoms with Gasteiger partial charge in [0.2, 0.25) is 5.91 Å². The van der Waals surface area contributed by atoms with Gasteiger partial charge in [-0.05, 0) is 41.1 Å². The van der Waals surface area contributed by atoms with Crippen LogP contribution in [-0.2, 0) is 17.8 Å². The number of thiophene rings is 1. The summed E-state index contributed by atoms with van der Waals surface area (Å²) in [6.45, 7) is 1.55. The lowest BCUT2D eigenvalue weighted by Gasteiger charge is -2.30. The maximum atomic E-state index is 12.9. The summed E-state index contributed by atoms with van der Waals surface area (Å²) in [5.41, 5.74) is 2.66. The Morgan fingerprint density at radius 2 is 1.83 bits per heavy atom. The average molecular weight is 336 g/mol. The summed E-state index contributed by atoms with van der Waals surface area (Å²) in [5.74, 6) is 0.233. The predicted molar refractivity (Wildman–Crippen MR) is 97.1 cm³/mol. The number of aromatic nitrogens is 1. The van der Waals surface area contributed by atoms with Gasteiger partial charge in [0.1, 0.15) is 0 Å². The summed E-state index contributed by atoms with van der Waals surface area (Å²) in [4.78, 5) is 16.2. The van der Waals surface area contributed by atoms with Crippen molar-refractivity contribution in [1.29, 1.82) is 0 Å². The number of carbonyl (C=O) groups is 1. The Morgan fingerprint density at radius 1 is 1.04 bits per heavy atom. The van der Waals surface area contributed by atoms with Crippen LogP contribution in [0.3, 0.4) is 0 Å². The van der Waals surface area contributed by atoms with E-state index in [0.29, 0.717) is 6.42 Å². The summed E-state index contributed by atoms with van der Waals surface area (Å²) in [6, 6.07) is 16.7. The van der Waals surface area contributed by atoms with E-state index < -0.39 is 0 Å². The first-order valence-electron chi connectivity index (χ1n) is 8.31. The fraction of sp³-hybridized carbons (Fsp3) is 0.250. The van der Waals surface area contributed by atoms with Crippen molar-refractivity contribution in [2.45, 2.75) is 25.4 Å². The zero-order valence-corrected chi connectivity index (χ0v) is 14.3. The van der Waals surface area contributed by atoms with Crippen molar-refractivity contribution in [2.24, 2.45) is 0 Å². The van der Waals surface area contributed by atoms with E-state index in [1.54, 1.807) is 11.3 Å². The molecule has 0 spiro atoms. The third-order valence-corrected chi connectivity index (χ3v) is 5.68. The van der Waals surface area contributed by atoms with Crippen LogP contribution in [0.25, 0.3) is 0 Å². The Hall–Kier alpha value is -2.33. The molecule has 1 aromatic carbocycles. The second kappa shape index (κ2) is 6.65. The first-order valence-corrected chi connectivity index (χ1v) is 9.19. The molecule has 0 saturated heterocycles. The van der Waals surface area contributed by atoms with Gasteiger partial charge >= 0.3 is 0 Å². The smallest absolute Gasteiger partial charge is 0.225 e. The van der Waals surface area contributed by atoms with Gasteiger partial charge in [0.15, 0.2) is 0 Å². The molecular weight excluding hydrogens is 316 g/mol. The Labute approximate surface area is 146 Å². The lowest BCUT2D eigenvalue weighted by molar-refractivity contribution is -0.132. The van der Waals surface area contributed by atoms with E-state index in [0.717, 1.165) is 19.5 Å². The van der Waals surface area contributed by atoms with E-state index in [4.69, 9.17) is 0 Å². The van der Waals surface area contributed by atoms with E-state index in [-0.39, 0.29) is 11.9 Å². The minimum absolute atomic E-state index is 0.0877. The molecule has 1 aliphatic rings. The molecule has 3 aromatic rings. The first-order chi connectivity index (χ1) is 11.8. The largest absolute Gasteiger partial charge is 0.346 e. The number of nitrogens with zero attached hydrogens (tertiary/aromatic N) is 2. The third kappa shape index (κ3) is 3.02. The van der Waals surface area contributed by atoms with Crippen LogP contribution in [0.2, 0.25) is 0 Å². The highest BCUT2D eigenvalue weighted by Crippen LogP contribution is 2.28. The lowest BCUT2D eigenvalue weighted by atomic mass is 9.99. The van der Waals surface area contributed by atoms with Gasteiger partial charge in [-0.3, -0.25) is 4.79 Å². The fourth-order valence-corrected chi connectivity index (χ4v) is 4.23. The van der Waals surface area contributed by atoms with Gasteiger partial charge in [0, 0.05) is 30.4 Å². The Kier molecular flexibility index (Phi) is 4.22. The number of rotatable bonds is 4. The molecule has 0 N–H and O–H groups in total. The summed E-state index contributed by atoms with van der Waals surface area (Å²) in [7, 11) is 0. The molecule has 122 valence electrons. The van der Waals surface area contributed by atoms with Crippen LogP contribution in [0.15, 0.2) is 66.3 Å². The zero-order chi connectivity index (χ0) is 16.4. The van der Waals surface area contributed by atoms with Crippen molar-refractivity contribution in [2.75, 3.05) is 6.54 Å². The van der Waals surface area contributed by atoms with Gasteiger partial charge in [-0.25, -0.2) is 0 Å². The van der Waals surface area contributed by atoms with Crippen molar-refractivity contribution in [3.63, 3.8) is 0 Å². The lowest BCUT2D eigenvalue weighted by Crippen LogP contribution is -2.37. The van der Waals surface area contributed by atoms with Crippen molar-refractivity contribution >= 4 is 17.2 Å². The highest BCUT2D eigenvalue weighted by Gasteiger charge is 2.25. The molecule has 1 atom stereocenters. The molecular formula is C20H20N2OS. The number of carbonyl (C=O) groups excluding carboxylic acids is 1. The van der Waals surface area contributed by atoms with Crippen molar-refractivity contribution in [3.05, 3.63) is 82.3 Å². The molecule has 0 aliphatic carbocycles. The molecule has 4 heteroatoms. The average Bonchev–Trinajstić information content (AvgIpc) is 3.33. The Bertz CT molecular complexity index is 774. The van der Waals surface area contributed by atoms with Crippen LogP contribution < -0.4 is 0 Å². The van der Waals surface area contributed by atoms with Crippen molar-refractivity contribution in [3.8, 4) is 0 Å². The molecule has 2 aromatic heterocycles. The molecule has 1 aliphatic heterocycles. The summed E-state index contributed by atoms with van der Waals surface area (Å²) in [5, 5.41) is 2.08. The molecule has 3 heterocycles. The highest BCUT2D eigenvalue weighted by molar-refractivity contribution is 7.10. The number of benzene rings is 1. The van der Waals surface area contributed by atoms with E-state index in [2.05, 4.69) is 46.3 Å². The van der Waals surface area contributed by atoms with E-state index in [9.17, 15) is 4.79 Å². The van der Waals surface area contributed by atoms with E-state index in [1.807, 2.05) is 29.4 Å². The topological polar surface area (TPSA) is 25.2 Å². The second-order valence-corrected chi connectivity index (χ2v) is 7.18. The quantitative estimate of drug-likeness (QED) is 0.704. The molecule has 0 radical (unpaired) electrons. The number of fused-ring (bicyclic) bond motifs is 1. The van der Waals surface area contributed by atoms with Gasteiger partial charge in [-0.2, -0.15) is 0 Å². The van der Waals surface area contributed by atoms with Crippen LogP contribution in [0.4, 0.5) is 0 Å². The number of hydrogen-bond donors (Lipinski definition) is 0. The third-order valence-electron chi connectivity index (χ3n) is 4.71. The van der Waals surface area contributed by atoms with Crippen LogP contribution in [0.5, 0.6) is 0 Å². The van der Waals surface area contributed by atoms with Gasteiger partial charge in [-0.1, -0.05) is 30.3 Å².